The highest BCUT2D eigenvalue weighted by molar-refractivity contribution is 7.91. The van der Waals surface area contributed by atoms with Gasteiger partial charge in [-0.05, 0) is 67.3 Å². The lowest BCUT2D eigenvalue weighted by Gasteiger charge is -2.18. The first-order valence-electron chi connectivity index (χ1n) is 10.2. The van der Waals surface area contributed by atoms with Gasteiger partial charge in [-0.25, -0.2) is 17.8 Å². The molecule has 3 rings (SSSR count). The fraction of sp³-hybridized carbons (Fsp3) is 0.478. The second-order valence-corrected chi connectivity index (χ2v) is 11.7. The van der Waals surface area contributed by atoms with Gasteiger partial charge in [-0.1, -0.05) is 56.2 Å². The number of hydrogen-bond acceptors (Lipinski definition) is 3. The Kier molecular flexibility index (Phi) is 8.61. The lowest BCUT2D eigenvalue weighted by molar-refractivity contribution is 0.470. The van der Waals surface area contributed by atoms with Crippen molar-refractivity contribution < 1.29 is 12.6 Å². The molecule has 0 amide bonds. The van der Waals surface area contributed by atoms with Gasteiger partial charge >= 0.3 is 0 Å². The van der Waals surface area contributed by atoms with E-state index >= 15 is 0 Å². The molecule has 3 unspecified atom stereocenters. The molecule has 2 N–H and O–H groups in total. The number of rotatable bonds is 5. The summed E-state index contributed by atoms with van der Waals surface area (Å²) >= 11 is 0. The molecule has 2 aromatic carbocycles. The van der Waals surface area contributed by atoms with Crippen LogP contribution in [-0.4, -0.2) is 24.1 Å². The van der Waals surface area contributed by atoms with Gasteiger partial charge in [-0.3, -0.25) is 0 Å². The normalized spacial score (nSPS) is 20.2. The molecule has 1 aliphatic rings. The molecule has 0 aliphatic heterocycles. The average molecular weight is 436 g/mol. The minimum atomic E-state index is -2.74. The zero-order chi connectivity index (χ0) is 21.6. The molecule has 0 aromatic heterocycles. The van der Waals surface area contributed by atoms with Gasteiger partial charge in [0, 0.05) is 6.26 Å². The Morgan fingerprint density at radius 1 is 1.00 bits per heavy atom. The first kappa shape index (κ1) is 23.8. The summed E-state index contributed by atoms with van der Waals surface area (Å²) in [6.07, 6.45) is 6.58. The van der Waals surface area contributed by atoms with E-state index in [0.717, 1.165) is 17.4 Å². The summed E-state index contributed by atoms with van der Waals surface area (Å²) in [5, 5.41) is 5.16. The summed E-state index contributed by atoms with van der Waals surface area (Å²) < 4.78 is 31.9. The van der Waals surface area contributed by atoms with Gasteiger partial charge in [-0.15, -0.1) is 0 Å². The smallest absolute Gasteiger partial charge is 0.149 e. The molecule has 0 heterocycles. The maximum Gasteiger partial charge on any atom is 0.149 e. The Balaban J connectivity index is 0.000000370. The zero-order valence-electron chi connectivity index (χ0n) is 17.8. The first-order valence-corrected chi connectivity index (χ1v) is 13.4. The minimum Gasteiger partial charge on any atom is -0.248 e. The van der Waals surface area contributed by atoms with Gasteiger partial charge in [-0.2, -0.15) is 0 Å². The fourth-order valence-electron chi connectivity index (χ4n) is 3.67. The van der Waals surface area contributed by atoms with Crippen molar-refractivity contribution in [3.05, 3.63) is 54.1 Å². The van der Waals surface area contributed by atoms with E-state index in [-0.39, 0.29) is 5.25 Å². The molecule has 3 atom stereocenters. The average Bonchev–Trinajstić information content (AvgIpc) is 3.17. The number of nitrogens with two attached hydrogens (primary N) is 1. The molecule has 6 heteroatoms. The highest BCUT2D eigenvalue weighted by atomic mass is 32.2. The van der Waals surface area contributed by atoms with E-state index < -0.39 is 20.8 Å². The van der Waals surface area contributed by atoms with Crippen LogP contribution in [0.3, 0.4) is 0 Å². The highest BCUT2D eigenvalue weighted by Crippen LogP contribution is 2.41. The topological polar surface area (TPSA) is 77.2 Å². The van der Waals surface area contributed by atoms with Crippen molar-refractivity contribution in [3.63, 3.8) is 0 Å². The van der Waals surface area contributed by atoms with E-state index in [4.69, 9.17) is 5.14 Å². The van der Waals surface area contributed by atoms with Crippen LogP contribution < -0.4 is 5.14 Å². The summed E-state index contributed by atoms with van der Waals surface area (Å²) in [5.74, 6) is 1.59. The molecule has 0 bridgehead atoms. The van der Waals surface area contributed by atoms with Crippen LogP contribution >= 0.6 is 0 Å². The van der Waals surface area contributed by atoms with E-state index in [9.17, 15) is 12.6 Å². The predicted molar refractivity (Wildman–Crippen MR) is 123 cm³/mol. The lowest BCUT2D eigenvalue weighted by Crippen LogP contribution is -2.10. The molecular weight excluding hydrogens is 402 g/mol. The van der Waals surface area contributed by atoms with Crippen LogP contribution in [0.15, 0.2) is 53.4 Å². The molecule has 1 saturated carbocycles. The van der Waals surface area contributed by atoms with E-state index in [2.05, 4.69) is 31.2 Å². The third-order valence-electron chi connectivity index (χ3n) is 5.80. The van der Waals surface area contributed by atoms with E-state index in [0.29, 0.717) is 4.90 Å². The largest absolute Gasteiger partial charge is 0.248 e. The fourth-order valence-corrected chi connectivity index (χ4v) is 4.07. The Morgan fingerprint density at radius 2 is 1.48 bits per heavy atom. The molecule has 0 saturated heterocycles. The van der Waals surface area contributed by atoms with Gasteiger partial charge in [0.15, 0.2) is 0 Å². The minimum absolute atomic E-state index is 0.229. The summed E-state index contributed by atoms with van der Waals surface area (Å²) in [6, 6.07) is 16.6. The molecule has 0 spiro atoms. The van der Waals surface area contributed by atoms with Crippen LogP contribution in [0.4, 0.5) is 0 Å². The van der Waals surface area contributed by atoms with Crippen molar-refractivity contribution in [3.8, 4) is 11.1 Å². The van der Waals surface area contributed by atoms with Gasteiger partial charge in [0.2, 0.25) is 0 Å². The Morgan fingerprint density at radius 3 is 1.90 bits per heavy atom. The van der Waals surface area contributed by atoms with E-state index in [1.807, 2.05) is 24.3 Å². The molecule has 0 radical (unpaired) electrons. The lowest BCUT2D eigenvalue weighted by atomic mass is 9.86. The molecule has 2 aromatic rings. The standard InChI is InChI=1S/C19H23NOS.C4H10O2S/c1-2-14-4-3-5-19(14)17-8-6-15(7-9-17)16-10-12-18(13-11-16)22(20)21;1-4(2)7(3,5)6/h6-14,19H,2-5,20H2,1H3;4H,1-3H3. The quantitative estimate of drug-likeness (QED) is 0.712. The van der Waals surface area contributed by atoms with Crippen LogP contribution in [0, 0.1) is 5.92 Å². The molecule has 160 valence electrons. The van der Waals surface area contributed by atoms with Crippen molar-refractivity contribution in [2.75, 3.05) is 6.26 Å². The molecule has 29 heavy (non-hydrogen) atoms. The van der Waals surface area contributed by atoms with Crippen LogP contribution in [-0.2, 0) is 20.8 Å². The number of benzene rings is 2. The monoisotopic (exact) mass is 435 g/mol. The van der Waals surface area contributed by atoms with Crippen molar-refractivity contribution in [1.82, 2.24) is 0 Å². The Labute approximate surface area is 178 Å². The van der Waals surface area contributed by atoms with Crippen molar-refractivity contribution in [1.29, 1.82) is 0 Å². The van der Waals surface area contributed by atoms with Gasteiger partial charge < -0.3 is 0 Å². The van der Waals surface area contributed by atoms with Gasteiger partial charge in [0.25, 0.3) is 0 Å². The maximum atomic E-state index is 11.2. The summed E-state index contributed by atoms with van der Waals surface area (Å²) in [7, 11) is -4.14. The highest BCUT2D eigenvalue weighted by Gasteiger charge is 2.26. The SMILES string of the molecule is CC(C)S(C)(=O)=O.CCC1CCCC1c1ccc(-c2ccc(S(N)=O)cc2)cc1. The van der Waals surface area contributed by atoms with Crippen molar-refractivity contribution in [2.45, 2.75) is 62.5 Å². The van der Waals surface area contributed by atoms with Gasteiger partial charge in [0.1, 0.15) is 20.8 Å². The van der Waals surface area contributed by atoms with Crippen LogP contribution in [0.1, 0.15) is 57.9 Å². The molecule has 4 nitrogen and oxygen atoms in total. The van der Waals surface area contributed by atoms with Crippen molar-refractivity contribution in [2.24, 2.45) is 11.1 Å². The number of sulfone groups is 1. The molecule has 1 fully saturated rings. The second-order valence-electron chi connectivity index (χ2n) is 8.03. The van der Waals surface area contributed by atoms with Crippen LogP contribution in [0.5, 0.6) is 0 Å². The maximum absolute atomic E-state index is 11.2. The summed E-state index contributed by atoms with van der Waals surface area (Å²) in [6.45, 7) is 5.63. The first-order chi connectivity index (χ1) is 13.6. The predicted octanol–water partition coefficient (Wildman–Crippen LogP) is 5.07. The van der Waals surface area contributed by atoms with Gasteiger partial charge in [0.05, 0.1) is 10.1 Å². The van der Waals surface area contributed by atoms with E-state index in [1.54, 1.807) is 13.8 Å². The van der Waals surface area contributed by atoms with Crippen molar-refractivity contribution >= 4 is 20.8 Å². The third-order valence-corrected chi connectivity index (χ3v) is 8.25. The molecular formula is C23H33NO3S2. The third kappa shape index (κ3) is 6.76. The second kappa shape index (κ2) is 10.5. The van der Waals surface area contributed by atoms with Crippen LogP contribution in [0.2, 0.25) is 0 Å². The summed E-state index contributed by atoms with van der Waals surface area (Å²) in [4.78, 5) is 0.664. The number of hydrogen-bond donors (Lipinski definition) is 1. The Hall–Kier alpha value is -1.50. The zero-order valence-corrected chi connectivity index (χ0v) is 19.4. The van der Waals surface area contributed by atoms with Crippen LogP contribution in [0.25, 0.3) is 11.1 Å². The van der Waals surface area contributed by atoms with E-state index in [1.165, 1.54) is 43.1 Å². The Bertz CT molecular complexity index is 904. The molecule has 1 aliphatic carbocycles. The summed E-state index contributed by atoms with van der Waals surface area (Å²) in [5.41, 5.74) is 3.82.